The fraction of sp³-hybridized carbons (Fsp3) is 0.333. The standard InChI is InChI=1S/C12H12BFO4/c1-12(2,3)18-11(16)17-10-7(13)5-4-6-8(14)9(10)15/h4-6H,1-3H3. The molecule has 6 heteroatoms. The van der Waals surface area contributed by atoms with Crippen molar-refractivity contribution in [1.29, 1.82) is 0 Å². The highest BCUT2D eigenvalue weighted by atomic mass is 19.1. The first-order valence-electron chi connectivity index (χ1n) is 5.20. The second-order valence-electron chi connectivity index (χ2n) is 4.55. The van der Waals surface area contributed by atoms with E-state index in [0.717, 1.165) is 6.07 Å². The van der Waals surface area contributed by atoms with Crippen LogP contribution in [0.5, 0.6) is 5.75 Å². The molecule has 1 aromatic carbocycles. The van der Waals surface area contributed by atoms with Gasteiger partial charge in [-0.3, -0.25) is 4.79 Å². The largest absolute Gasteiger partial charge is 0.514 e. The van der Waals surface area contributed by atoms with Gasteiger partial charge in [-0.25, -0.2) is 9.18 Å². The van der Waals surface area contributed by atoms with Crippen LogP contribution >= 0.6 is 0 Å². The lowest BCUT2D eigenvalue weighted by Crippen LogP contribution is -2.29. The Labute approximate surface area is 105 Å². The molecule has 1 aromatic rings. The summed E-state index contributed by atoms with van der Waals surface area (Å²) in [6.07, 6.45) is -1.11. The van der Waals surface area contributed by atoms with Crippen molar-refractivity contribution in [3.8, 4) is 5.75 Å². The summed E-state index contributed by atoms with van der Waals surface area (Å²) in [4.78, 5) is 22.9. The highest BCUT2D eigenvalue weighted by Gasteiger charge is 2.20. The third kappa shape index (κ3) is 3.87. The number of hydrogen-bond donors (Lipinski definition) is 0. The van der Waals surface area contributed by atoms with Crippen molar-refractivity contribution in [2.45, 2.75) is 26.4 Å². The second kappa shape index (κ2) is 5.20. The van der Waals surface area contributed by atoms with Crippen molar-refractivity contribution in [1.82, 2.24) is 0 Å². The first-order chi connectivity index (χ1) is 8.20. The van der Waals surface area contributed by atoms with Crippen molar-refractivity contribution in [3.63, 3.8) is 0 Å². The molecule has 18 heavy (non-hydrogen) atoms. The van der Waals surface area contributed by atoms with Crippen LogP contribution in [-0.2, 0) is 4.74 Å². The molecule has 0 aliphatic carbocycles. The van der Waals surface area contributed by atoms with Crippen molar-refractivity contribution in [2.75, 3.05) is 0 Å². The summed E-state index contributed by atoms with van der Waals surface area (Å²) in [5, 5.41) is 0. The Morgan fingerprint density at radius 1 is 1.33 bits per heavy atom. The molecule has 0 spiro atoms. The molecule has 1 rings (SSSR count). The van der Waals surface area contributed by atoms with Crippen LogP contribution in [0.1, 0.15) is 20.8 Å². The van der Waals surface area contributed by atoms with Crippen LogP contribution in [0.25, 0.3) is 0 Å². The Balaban J connectivity index is 3.07. The summed E-state index contributed by atoms with van der Waals surface area (Å²) in [5.41, 5.74) is -2.03. The van der Waals surface area contributed by atoms with Gasteiger partial charge >= 0.3 is 6.16 Å². The summed E-state index contributed by atoms with van der Waals surface area (Å²) in [6, 6.07) is 3.43. The molecule has 0 atom stereocenters. The van der Waals surface area contributed by atoms with Gasteiger partial charge in [0, 0.05) is 0 Å². The maximum atomic E-state index is 13.2. The quantitative estimate of drug-likeness (QED) is 0.556. The average molecular weight is 250 g/mol. The Kier molecular flexibility index (Phi) is 4.11. The lowest BCUT2D eigenvalue weighted by Gasteiger charge is -2.18. The zero-order valence-electron chi connectivity index (χ0n) is 10.3. The van der Waals surface area contributed by atoms with E-state index in [9.17, 15) is 14.0 Å². The van der Waals surface area contributed by atoms with E-state index < -0.39 is 28.8 Å². The summed E-state index contributed by atoms with van der Waals surface area (Å²) in [7, 11) is 5.48. The minimum atomic E-state index is -1.11. The fourth-order valence-electron chi connectivity index (χ4n) is 1.09. The molecular formula is C12H12BFO4. The maximum Gasteiger partial charge on any atom is 0.514 e. The number of rotatable bonds is 1. The van der Waals surface area contributed by atoms with Gasteiger partial charge in [0.1, 0.15) is 13.4 Å². The van der Waals surface area contributed by atoms with E-state index in [2.05, 4.69) is 4.74 Å². The van der Waals surface area contributed by atoms with Gasteiger partial charge in [0.15, 0.2) is 11.6 Å². The summed E-state index contributed by atoms with van der Waals surface area (Å²) in [6.45, 7) is 4.88. The maximum absolute atomic E-state index is 13.2. The predicted octanol–water partition coefficient (Wildman–Crippen LogP) is 1.29. The Morgan fingerprint density at radius 3 is 2.50 bits per heavy atom. The molecule has 0 bridgehead atoms. The van der Waals surface area contributed by atoms with Gasteiger partial charge in [-0.1, -0.05) is 17.6 Å². The highest BCUT2D eigenvalue weighted by molar-refractivity contribution is 6.34. The van der Waals surface area contributed by atoms with Crippen LogP contribution in [0.2, 0.25) is 0 Å². The van der Waals surface area contributed by atoms with E-state index in [1.54, 1.807) is 20.8 Å². The van der Waals surface area contributed by atoms with E-state index in [-0.39, 0.29) is 5.46 Å². The van der Waals surface area contributed by atoms with Gasteiger partial charge < -0.3 is 9.47 Å². The number of carbonyl (C=O) groups excluding carboxylic acids is 1. The van der Waals surface area contributed by atoms with Crippen molar-refractivity contribution < 1.29 is 18.7 Å². The Hall–Kier alpha value is -1.85. The number of halogens is 1. The van der Waals surface area contributed by atoms with Crippen molar-refractivity contribution >= 4 is 19.5 Å². The highest BCUT2D eigenvalue weighted by Crippen LogP contribution is 2.09. The Bertz CT molecular complexity index is 522. The first-order valence-corrected chi connectivity index (χ1v) is 5.20. The molecule has 0 aromatic heterocycles. The third-order valence-electron chi connectivity index (χ3n) is 1.78. The molecule has 0 aliphatic rings. The smallest absolute Gasteiger partial charge is 0.428 e. The second-order valence-corrected chi connectivity index (χ2v) is 4.55. The minimum Gasteiger partial charge on any atom is -0.428 e. The van der Waals surface area contributed by atoms with Crippen LogP contribution in [0.4, 0.5) is 9.18 Å². The van der Waals surface area contributed by atoms with Crippen molar-refractivity contribution in [3.05, 3.63) is 34.2 Å². The normalized spacial score (nSPS) is 10.9. The Morgan fingerprint density at radius 2 is 1.94 bits per heavy atom. The zero-order valence-corrected chi connectivity index (χ0v) is 10.3. The molecule has 0 aliphatic heterocycles. The predicted molar refractivity (Wildman–Crippen MR) is 64.9 cm³/mol. The van der Waals surface area contributed by atoms with Gasteiger partial charge in [0.05, 0.1) is 0 Å². The lowest BCUT2D eigenvalue weighted by atomic mass is 9.97. The molecule has 0 N–H and O–H groups in total. The molecule has 0 amide bonds. The lowest BCUT2D eigenvalue weighted by molar-refractivity contribution is 0.0206. The number of ether oxygens (including phenoxy) is 2. The number of carbonyl (C=O) groups is 1. The number of hydrogen-bond acceptors (Lipinski definition) is 4. The molecule has 94 valence electrons. The monoisotopic (exact) mass is 250 g/mol. The molecule has 0 saturated heterocycles. The molecule has 0 heterocycles. The molecule has 0 fully saturated rings. The molecule has 0 unspecified atom stereocenters. The van der Waals surface area contributed by atoms with Crippen LogP contribution in [0, 0.1) is 5.82 Å². The summed E-state index contributed by atoms with van der Waals surface area (Å²) < 4.78 is 22.7. The molecule has 4 nitrogen and oxygen atoms in total. The summed E-state index contributed by atoms with van der Waals surface area (Å²) >= 11 is 0. The van der Waals surface area contributed by atoms with E-state index in [1.165, 1.54) is 12.1 Å². The molecule has 2 radical (unpaired) electrons. The SMILES string of the molecule is [B]c1cccc(F)c(=O)c1OC(=O)OC(C)(C)C. The van der Waals surface area contributed by atoms with Gasteiger partial charge in [-0.2, -0.15) is 0 Å². The topological polar surface area (TPSA) is 52.6 Å². The average Bonchev–Trinajstić information content (AvgIpc) is 2.30. The van der Waals surface area contributed by atoms with Crippen LogP contribution < -0.4 is 15.6 Å². The van der Waals surface area contributed by atoms with Crippen LogP contribution in [0.3, 0.4) is 0 Å². The van der Waals surface area contributed by atoms with Gasteiger partial charge in [0.25, 0.3) is 5.43 Å². The first kappa shape index (κ1) is 14.2. The third-order valence-corrected chi connectivity index (χ3v) is 1.78. The fourth-order valence-corrected chi connectivity index (χ4v) is 1.09. The van der Waals surface area contributed by atoms with E-state index in [0.29, 0.717) is 0 Å². The minimum absolute atomic E-state index is 0.144. The van der Waals surface area contributed by atoms with Gasteiger partial charge in [-0.05, 0) is 26.8 Å². The van der Waals surface area contributed by atoms with Crippen LogP contribution in [-0.4, -0.2) is 19.6 Å². The summed E-state index contributed by atoms with van der Waals surface area (Å²) in [5.74, 6) is -1.64. The van der Waals surface area contributed by atoms with Gasteiger partial charge in [-0.15, -0.1) is 0 Å². The van der Waals surface area contributed by atoms with Crippen LogP contribution in [0.15, 0.2) is 23.0 Å². The molecular weight excluding hydrogens is 238 g/mol. The zero-order chi connectivity index (χ0) is 13.9. The molecule has 0 saturated carbocycles. The van der Waals surface area contributed by atoms with E-state index in [4.69, 9.17) is 12.6 Å². The van der Waals surface area contributed by atoms with E-state index >= 15 is 0 Å². The van der Waals surface area contributed by atoms with Crippen molar-refractivity contribution in [2.24, 2.45) is 0 Å². The van der Waals surface area contributed by atoms with Gasteiger partial charge in [0.2, 0.25) is 0 Å². The van der Waals surface area contributed by atoms with E-state index in [1.807, 2.05) is 0 Å².